The molecule has 0 heterocycles. The van der Waals surface area contributed by atoms with E-state index in [4.69, 9.17) is 5.84 Å². The molecular formula is C6H15N3. The summed E-state index contributed by atoms with van der Waals surface area (Å²) in [5.41, 5.74) is 2.56. The highest BCUT2D eigenvalue weighted by Crippen LogP contribution is 2.24. The normalized spacial score (nSPS) is 19.7. The summed E-state index contributed by atoms with van der Waals surface area (Å²) in [6.07, 6.45) is 4.22. The van der Waals surface area contributed by atoms with Crippen LogP contribution in [0.1, 0.15) is 19.3 Å². The monoisotopic (exact) mass is 129 g/mol. The van der Waals surface area contributed by atoms with Gasteiger partial charge in [0.2, 0.25) is 0 Å². The first-order valence-corrected chi connectivity index (χ1v) is 3.57. The molecule has 1 aliphatic carbocycles. The molecule has 0 aromatic heterocycles. The summed E-state index contributed by atoms with van der Waals surface area (Å²) in [6, 6.07) is 0. The van der Waals surface area contributed by atoms with Crippen LogP contribution in [0, 0.1) is 5.92 Å². The van der Waals surface area contributed by atoms with Gasteiger partial charge in [-0.2, -0.15) is 0 Å². The zero-order chi connectivity index (χ0) is 6.53. The van der Waals surface area contributed by atoms with E-state index in [0.717, 1.165) is 19.1 Å². The van der Waals surface area contributed by atoms with Crippen LogP contribution in [-0.4, -0.2) is 13.2 Å². The zero-order valence-electron chi connectivity index (χ0n) is 5.69. The highest BCUT2D eigenvalue weighted by atomic mass is 15.3. The first kappa shape index (κ1) is 6.99. The van der Waals surface area contributed by atoms with Crippen molar-refractivity contribution in [1.82, 2.24) is 10.7 Å². The molecule has 9 heavy (non-hydrogen) atoms. The molecule has 0 aromatic carbocycles. The minimum absolute atomic E-state index is 0.733. The Bertz CT molecular complexity index is 70.7. The predicted octanol–water partition coefficient (Wildman–Crippen LogP) is -0.203. The Labute approximate surface area is 56.0 Å². The molecule has 3 nitrogen and oxygen atoms in total. The number of hydrogen-bond acceptors (Lipinski definition) is 3. The van der Waals surface area contributed by atoms with Gasteiger partial charge in [0.25, 0.3) is 0 Å². The Morgan fingerprint density at radius 3 is 2.67 bits per heavy atom. The smallest absolute Gasteiger partial charge is 0.0587 e. The van der Waals surface area contributed by atoms with E-state index in [0.29, 0.717) is 0 Å². The van der Waals surface area contributed by atoms with Crippen molar-refractivity contribution in [3.05, 3.63) is 0 Å². The Balaban J connectivity index is 1.80. The molecule has 0 atom stereocenters. The average Bonchev–Trinajstić information content (AvgIpc) is 1.76. The summed E-state index contributed by atoms with van der Waals surface area (Å²) < 4.78 is 0. The summed E-state index contributed by atoms with van der Waals surface area (Å²) in [7, 11) is 0. The van der Waals surface area contributed by atoms with Crippen LogP contribution < -0.4 is 16.6 Å². The average molecular weight is 129 g/mol. The van der Waals surface area contributed by atoms with Crippen LogP contribution in [0.4, 0.5) is 0 Å². The number of nitrogens with two attached hydrogens (primary N) is 1. The van der Waals surface area contributed by atoms with E-state index in [2.05, 4.69) is 10.7 Å². The lowest BCUT2D eigenvalue weighted by atomic mass is 9.85. The third kappa shape index (κ3) is 2.30. The van der Waals surface area contributed by atoms with E-state index in [1.807, 2.05) is 0 Å². The van der Waals surface area contributed by atoms with Gasteiger partial charge >= 0.3 is 0 Å². The molecule has 1 saturated carbocycles. The summed E-state index contributed by atoms with van der Waals surface area (Å²) in [4.78, 5) is 0. The molecule has 0 aromatic rings. The van der Waals surface area contributed by atoms with Gasteiger partial charge in [-0.1, -0.05) is 6.42 Å². The minimum atomic E-state index is 0.733. The summed E-state index contributed by atoms with van der Waals surface area (Å²) in [5, 5.41) is 3.20. The lowest BCUT2D eigenvalue weighted by Gasteiger charge is -2.25. The maximum Gasteiger partial charge on any atom is 0.0587 e. The van der Waals surface area contributed by atoms with E-state index in [-0.39, 0.29) is 0 Å². The van der Waals surface area contributed by atoms with E-state index in [9.17, 15) is 0 Å². The van der Waals surface area contributed by atoms with Gasteiger partial charge in [-0.15, -0.1) is 0 Å². The van der Waals surface area contributed by atoms with Crippen molar-refractivity contribution in [3.8, 4) is 0 Å². The zero-order valence-corrected chi connectivity index (χ0v) is 5.69. The van der Waals surface area contributed by atoms with E-state index in [1.165, 1.54) is 19.3 Å². The maximum absolute atomic E-state index is 5.06. The molecular weight excluding hydrogens is 114 g/mol. The van der Waals surface area contributed by atoms with E-state index >= 15 is 0 Å². The van der Waals surface area contributed by atoms with Crippen molar-refractivity contribution in [2.75, 3.05) is 13.2 Å². The standard InChI is InChI=1S/C6H15N3/c7-9-5-8-4-6-2-1-3-6/h6,8-9H,1-5,7H2. The number of hydrazine groups is 1. The Hall–Kier alpha value is -0.120. The molecule has 1 rings (SSSR count). The fourth-order valence-corrected chi connectivity index (χ4v) is 1.05. The molecule has 0 saturated heterocycles. The van der Waals surface area contributed by atoms with Crippen molar-refractivity contribution in [2.24, 2.45) is 11.8 Å². The van der Waals surface area contributed by atoms with Crippen LogP contribution >= 0.6 is 0 Å². The maximum atomic E-state index is 5.06. The second kappa shape index (κ2) is 3.82. The first-order valence-electron chi connectivity index (χ1n) is 3.57. The molecule has 1 aliphatic rings. The van der Waals surface area contributed by atoms with Gasteiger partial charge < -0.3 is 5.32 Å². The predicted molar refractivity (Wildman–Crippen MR) is 37.5 cm³/mol. The Kier molecular flexibility index (Phi) is 2.97. The molecule has 0 radical (unpaired) electrons. The SMILES string of the molecule is NNCNCC1CCC1. The van der Waals surface area contributed by atoms with Crippen LogP contribution in [0.5, 0.6) is 0 Å². The van der Waals surface area contributed by atoms with Crippen LogP contribution in [-0.2, 0) is 0 Å². The van der Waals surface area contributed by atoms with Crippen LogP contribution in [0.3, 0.4) is 0 Å². The van der Waals surface area contributed by atoms with Crippen LogP contribution in [0.25, 0.3) is 0 Å². The summed E-state index contributed by atoms with van der Waals surface area (Å²) in [6.45, 7) is 1.86. The molecule has 0 aliphatic heterocycles. The van der Waals surface area contributed by atoms with Crippen LogP contribution in [0.2, 0.25) is 0 Å². The minimum Gasteiger partial charge on any atom is -0.303 e. The quantitative estimate of drug-likeness (QED) is 0.213. The van der Waals surface area contributed by atoms with Gasteiger partial charge in [-0.25, -0.2) is 5.43 Å². The molecule has 0 bridgehead atoms. The second-order valence-electron chi connectivity index (χ2n) is 2.63. The lowest BCUT2D eigenvalue weighted by molar-refractivity contribution is 0.299. The van der Waals surface area contributed by atoms with Crippen molar-refractivity contribution < 1.29 is 0 Å². The highest BCUT2D eigenvalue weighted by molar-refractivity contribution is 4.70. The van der Waals surface area contributed by atoms with Crippen molar-refractivity contribution >= 4 is 0 Å². The molecule has 0 amide bonds. The van der Waals surface area contributed by atoms with Gasteiger partial charge in [-0.3, -0.25) is 5.84 Å². The molecule has 54 valence electrons. The van der Waals surface area contributed by atoms with Gasteiger partial charge in [0.1, 0.15) is 0 Å². The van der Waals surface area contributed by atoms with E-state index in [1.54, 1.807) is 0 Å². The third-order valence-corrected chi connectivity index (χ3v) is 1.88. The first-order chi connectivity index (χ1) is 4.43. The lowest BCUT2D eigenvalue weighted by Crippen LogP contribution is -2.37. The van der Waals surface area contributed by atoms with Crippen molar-refractivity contribution in [1.29, 1.82) is 0 Å². The fraction of sp³-hybridized carbons (Fsp3) is 1.00. The number of rotatable bonds is 4. The number of nitrogens with one attached hydrogen (secondary N) is 2. The molecule has 0 spiro atoms. The largest absolute Gasteiger partial charge is 0.303 e. The summed E-state index contributed by atoms with van der Waals surface area (Å²) in [5.74, 6) is 5.99. The molecule has 3 heteroatoms. The van der Waals surface area contributed by atoms with Crippen molar-refractivity contribution in [2.45, 2.75) is 19.3 Å². The Morgan fingerprint density at radius 1 is 1.44 bits per heavy atom. The van der Waals surface area contributed by atoms with Gasteiger partial charge in [-0.05, 0) is 25.3 Å². The van der Waals surface area contributed by atoms with Crippen LogP contribution in [0.15, 0.2) is 0 Å². The summed E-state index contributed by atoms with van der Waals surface area (Å²) >= 11 is 0. The third-order valence-electron chi connectivity index (χ3n) is 1.88. The van der Waals surface area contributed by atoms with Gasteiger partial charge in [0.15, 0.2) is 0 Å². The Morgan fingerprint density at radius 2 is 2.22 bits per heavy atom. The van der Waals surface area contributed by atoms with E-state index < -0.39 is 0 Å². The van der Waals surface area contributed by atoms with Crippen molar-refractivity contribution in [3.63, 3.8) is 0 Å². The molecule has 0 unspecified atom stereocenters. The van der Waals surface area contributed by atoms with Gasteiger partial charge in [0.05, 0.1) is 6.67 Å². The van der Waals surface area contributed by atoms with Gasteiger partial charge in [0, 0.05) is 0 Å². The molecule has 4 N–H and O–H groups in total. The molecule has 1 fully saturated rings. The highest BCUT2D eigenvalue weighted by Gasteiger charge is 2.15. The fourth-order valence-electron chi connectivity index (χ4n) is 1.05. The second-order valence-corrected chi connectivity index (χ2v) is 2.63. The topological polar surface area (TPSA) is 50.1 Å². The number of hydrogen-bond donors (Lipinski definition) is 3.